The summed E-state index contributed by atoms with van der Waals surface area (Å²) in [4.78, 5) is 23.1. The second kappa shape index (κ2) is 8.45. The van der Waals surface area contributed by atoms with Crippen LogP contribution >= 0.6 is 23.4 Å². The van der Waals surface area contributed by atoms with Gasteiger partial charge in [0.25, 0.3) is 5.91 Å². The van der Waals surface area contributed by atoms with Crippen LogP contribution in [0.25, 0.3) is 6.08 Å². The van der Waals surface area contributed by atoms with Crippen LogP contribution in [0, 0.1) is 0 Å². The van der Waals surface area contributed by atoms with Crippen LogP contribution in [0.15, 0.2) is 46.4 Å². The summed E-state index contributed by atoms with van der Waals surface area (Å²) >= 11 is 7.34. The van der Waals surface area contributed by atoms with E-state index in [1.165, 1.54) is 16.7 Å². The van der Waals surface area contributed by atoms with Crippen LogP contribution in [-0.2, 0) is 4.79 Å². The molecule has 0 atom stereocenters. The van der Waals surface area contributed by atoms with Crippen LogP contribution < -0.4 is 9.47 Å². The maximum absolute atomic E-state index is 12.6. The van der Waals surface area contributed by atoms with Gasteiger partial charge in [-0.1, -0.05) is 17.7 Å². The monoisotopic (exact) mass is 403 g/mol. The fourth-order valence-electron chi connectivity index (χ4n) is 2.42. The minimum atomic E-state index is -0.133. The van der Waals surface area contributed by atoms with E-state index in [0.29, 0.717) is 39.0 Å². The zero-order valence-electron chi connectivity index (χ0n) is 15.1. The summed E-state index contributed by atoms with van der Waals surface area (Å²) < 4.78 is 10.9. The molecule has 1 aliphatic rings. The molecule has 0 unspecified atom stereocenters. The van der Waals surface area contributed by atoms with Gasteiger partial charge >= 0.3 is 0 Å². The summed E-state index contributed by atoms with van der Waals surface area (Å²) in [5.74, 6) is 1.15. The van der Waals surface area contributed by atoms with Crippen LogP contribution in [0.1, 0.15) is 12.5 Å². The Labute approximate surface area is 166 Å². The number of carbonyl (C=O) groups is 1. The third kappa shape index (κ3) is 4.26. The zero-order chi connectivity index (χ0) is 19.4. The van der Waals surface area contributed by atoms with E-state index in [1.807, 2.05) is 25.1 Å². The van der Waals surface area contributed by atoms with Crippen molar-refractivity contribution in [1.82, 2.24) is 9.88 Å². The fourth-order valence-corrected chi connectivity index (χ4v) is 3.56. The minimum absolute atomic E-state index is 0.133. The molecule has 0 radical (unpaired) electrons. The number of nitrogens with zero attached hydrogens (tertiary/aromatic N) is 3. The molecule has 1 fully saturated rings. The van der Waals surface area contributed by atoms with Crippen molar-refractivity contribution >= 4 is 46.2 Å². The first-order chi connectivity index (χ1) is 13.0. The minimum Gasteiger partial charge on any atom is -0.493 e. The number of ether oxygens (including phenoxy) is 2. The van der Waals surface area contributed by atoms with E-state index >= 15 is 0 Å². The van der Waals surface area contributed by atoms with Crippen molar-refractivity contribution < 1.29 is 14.3 Å². The van der Waals surface area contributed by atoms with Crippen molar-refractivity contribution in [3.63, 3.8) is 0 Å². The Morgan fingerprint density at radius 1 is 1.33 bits per heavy atom. The molecule has 1 amide bonds. The molecule has 0 spiro atoms. The number of amidine groups is 1. The van der Waals surface area contributed by atoms with E-state index in [4.69, 9.17) is 21.1 Å². The van der Waals surface area contributed by atoms with Crippen molar-refractivity contribution in [1.29, 1.82) is 0 Å². The largest absolute Gasteiger partial charge is 0.493 e. The average Bonchev–Trinajstić information content (AvgIpc) is 2.93. The van der Waals surface area contributed by atoms with E-state index < -0.39 is 0 Å². The smallest absolute Gasteiger partial charge is 0.266 e. The van der Waals surface area contributed by atoms with Crippen molar-refractivity contribution in [3.8, 4) is 11.5 Å². The number of hydrogen-bond donors (Lipinski definition) is 0. The van der Waals surface area contributed by atoms with E-state index in [-0.39, 0.29) is 5.91 Å². The second-order valence-corrected chi connectivity index (χ2v) is 6.89. The molecule has 0 aliphatic carbocycles. The van der Waals surface area contributed by atoms with E-state index in [9.17, 15) is 4.79 Å². The highest BCUT2D eigenvalue weighted by Crippen LogP contribution is 2.35. The molecule has 0 N–H and O–H groups in total. The maximum Gasteiger partial charge on any atom is 0.266 e. The van der Waals surface area contributed by atoms with Crippen LogP contribution in [0.4, 0.5) is 5.69 Å². The Bertz CT molecular complexity index is 930. The maximum atomic E-state index is 12.6. The van der Waals surface area contributed by atoms with Gasteiger partial charge in [0.15, 0.2) is 21.8 Å². The van der Waals surface area contributed by atoms with Crippen molar-refractivity contribution in [2.45, 2.75) is 6.92 Å². The normalized spacial score (nSPS) is 17.0. The summed E-state index contributed by atoms with van der Waals surface area (Å²) in [6.45, 7) is 2.46. The first-order valence-electron chi connectivity index (χ1n) is 8.21. The molecule has 140 valence electrons. The third-order valence-electron chi connectivity index (χ3n) is 3.74. The van der Waals surface area contributed by atoms with Crippen LogP contribution in [0.2, 0.25) is 5.15 Å². The number of likely N-dealkylation sites (N-methyl/N-ethyl adjacent to an activating group) is 1. The molecule has 0 bridgehead atoms. The van der Waals surface area contributed by atoms with Crippen LogP contribution in [-0.4, -0.2) is 41.7 Å². The van der Waals surface area contributed by atoms with Gasteiger partial charge in [-0.05, 0) is 54.6 Å². The molecule has 27 heavy (non-hydrogen) atoms. The molecule has 2 heterocycles. The zero-order valence-corrected chi connectivity index (χ0v) is 16.7. The Kier molecular flexibility index (Phi) is 6.03. The molecule has 6 nitrogen and oxygen atoms in total. The Morgan fingerprint density at radius 3 is 2.85 bits per heavy atom. The third-order valence-corrected chi connectivity index (χ3v) is 5.10. The van der Waals surface area contributed by atoms with Crippen molar-refractivity contribution in [2.75, 3.05) is 20.8 Å². The van der Waals surface area contributed by atoms with Gasteiger partial charge in [-0.25, -0.2) is 9.98 Å². The summed E-state index contributed by atoms with van der Waals surface area (Å²) in [5.41, 5.74) is 1.35. The molecule has 1 saturated heterocycles. The van der Waals surface area contributed by atoms with E-state index in [0.717, 1.165) is 5.56 Å². The van der Waals surface area contributed by atoms with Gasteiger partial charge in [0, 0.05) is 13.2 Å². The molecule has 1 aliphatic heterocycles. The van der Waals surface area contributed by atoms with Crippen LogP contribution in [0.5, 0.6) is 11.5 Å². The lowest BCUT2D eigenvalue weighted by Crippen LogP contribution is -2.23. The highest BCUT2D eigenvalue weighted by molar-refractivity contribution is 8.18. The molecule has 2 aromatic rings. The Morgan fingerprint density at radius 2 is 2.15 bits per heavy atom. The van der Waals surface area contributed by atoms with E-state index in [1.54, 1.807) is 38.6 Å². The van der Waals surface area contributed by atoms with Gasteiger partial charge < -0.3 is 9.47 Å². The number of carbonyl (C=O) groups excluding carboxylic acids is 1. The lowest BCUT2D eigenvalue weighted by molar-refractivity contribution is -0.121. The number of amides is 1. The number of aromatic nitrogens is 1. The lowest BCUT2D eigenvalue weighted by Gasteiger charge is -2.09. The number of benzene rings is 1. The predicted octanol–water partition coefficient (Wildman–Crippen LogP) is 4.38. The molecule has 8 heteroatoms. The molecule has 0 saturated carbocycles. The molecule has 1 aromatic heterocycles. The first kappa shape index (κ1) is 19.3. The highest BCUT2D eigenvalue weighted by Gasteiger charge is 2.30. The Balaban J connectivity index is 1.90. The second-order valence-electron chi connectivity index (χ2n) is 5.53. The fraction of sp³-hybridized carbons (Fsp3) is 0.211. The summed E-state index contributed by atoms with van der Waals surface area (Å²) in [7, 11) is 3.26. The van der Waals surface area contributed by atoms with Crippen molar-refractivity contribution in [3.05, 3.63) is 52.2 Å². The highest BCUT2D eigenvalue weighted by atomic mass is 35.5. The molecule has 1 aromatic carbocycles. The average molecular weight is 404 g/mol. The van der Waals surface area contributed by atoms with Gasteiger partial charge in [0.1, 0.15) is 5.69 Å². The molecule has 3 rings (SSSR count). The first-order valence-corrected chi connectivity index (χ1v) is 9.40. The lowest BCUT2D eigenvalue weighted by atomic mass is 10.2. The standard InChI is InChI=1S/C19H18ClN3O3S/c1-4-26-14-8-7-12(10-15(14)25-3)11-16-18(24)23(2)19(27-16)22-13-6-5-9-21-17(13)20/h5-11H,4H2,1-3H3/b16-11-,22-19?. The predicted molar refractivity (Wildman–Crippen MR) is 109 cm³/mol. The van der Waals surface area contributed by atoms with Gasteiger partial charge in [-0.2, -0.15) is 0 Å². The quantitative estimate of drug-likeness (QED) is 0.547. The number of rotatable bonds is 5. The van der Waals surface area contributed by atoms with Gasteiger partial charge in [-0.3, -0.25) is 9.69 Å². The summed E-state index contributed by atoms with van der Waals surface area (Å²) in [5, 5.41) is 0.833. The number of halogens is 1. The Hall–Kier alpha value is -2.51. The number of pyridine rings is 1. The molecular formula is C19H18ClN3O3S. The van der Waals surface area contributed by atoms with E-state index in [2.05, 4.69) is 9.98 Å². The number of methoxy groups -OCH3 is 1. The van der Waals surface area contributed by atoms with Gasteiger partial charge in [0.2, 0.25) is 0 Å². The SMILES string of the molecule is CCOc1ccc(/C=C2\SC(=Nc3cccnc3Cl)N(C)C2=O)cc1OC. The number of thioether (sulfide) groups is 1. The van der Waals surface area contributed by atoms with Gasteiger partial charge in [0.05, 0.1) is 18.6 Å². The van der Waals surface area contributed by atoms with Gasteiger partial charge in [-0.15, -0.1) is 0 Å². The summed E-state index contributed by atoms with van der Waals surface area (Å²) in [6, 6.07) is 9.03. The topological polar surface area (TPSA) is 64.0 Å². The summed E-state index contributed by atoms with van der Waals surface area (Å²) in [6.07, 6.45) is 3.39. The van der Waals surface area contributed by atoms with Crippen molar-refractivity contribution in [2.24, 2.45) is 4.99 Å². The number of hydrogen-bond acceptors (Lipinski definition) is 6. The number of aliphatic imine (C=N–C) groups is 1. The van der Waals surface area contributed by atoms with Crippen LogP contribution in [0.3, 0.4) is 0 Å². The molecular weight excluding hydrogens is 386 g/mol.